The van der Waals surface area contributed by atoms with E-state index in [0.29, 0.717) is 17.3 Å². The molecular formula is C15H19N5O3. The molecule has 8 heteroatoms. The number of rotatable bonds is 3. The third kappa shape index (κ3) is 4.73. The van der Waals surface area contributed by atoms with Crippen LogP contribution in [0, 0.1) is 0 Å². The molecule has 0 atom stereocenters. The summed E-state index contributed by atoms with van der Waals surface area (Å²) in [4.78, 5) is 27.1. The van der Waals surface area contributed by atoms with Crippen molar-refractivity contribution in [1.29, 1.82) is 0 Å². The van der Waals surface area contributed by atoms with Crippen LogP contribution in [0.15, 0.2) is 36.7 Å². The first kappa shape index (κ1) is 16.3. The molecule has 2 aromatic rings. The maximum absolute atomic E-state index is 12.1. The van der Waals surface area contributed by atoms with Crippen molar-refractivity contribution in [3.63, 3.8) is 0 Å². The molecule has 1 aromatic heterocycles. The average molecular weight is 317 g/mol. The van der Waals surface area contributed by atoms with E-state index in [1.807, 2.05) is 0 Å². The van der Waals surface area contributed by atoms with E-state index in [0.717, 1.165) is 0 Å². The predicted octanol–water partition coefficient (Wildman–Crippen LogP) is 2.90. The largest absolute Gasteiger partial charge is 0.443 e. The van der Waals surface area contributed by atoms with Gasteiger partial charge in [-0.2, -0.15) is 0 Å². The molecule has 0 aliphatic carbocycles. The summed E-state index contributed by atoms with van der Waals surface area (Å²) >= 11 is 0. The highest BCUT2D eigenvalue weighted by atomic mass is 16.6. The third-order valence-corrected chi connectivity index (χ3v) is 2.62. The van der Waals surface area contributed by atoms with Crippen LogP contribution in [0.1, 0.15) is 20.8 Å². The first-order chi connectivity index (χ1) is 10.7. The SMILES string of the molecule is CC(C)(C)OC(=O)n1ccnc1Nc1cccc(NC(N)=O)c1. The van der Waals surface area contributed by atoms with E-state index in [9.17, 15) is 9.59 Å². The van der Waals surface area contributed by atoms with Crippen LogP contribution >= 0.6 is 0 Å². The van der Waals surface area contributed by atoms with Crippen molar-refractivity contribution in [2.45, 2.75) is 26.4 Å². The topological polar surface area (TPSA) is 111 Å². The minimum atomic E-state index is -0.655. The fourth-order valence-electron chi connectivity index (χ4n) is 1.80. The van der Waals surface area contributed by atoms with Crippen LogP contribution < -0.4 is 16.4 Å². The molecule has 122 valence electrons. The number of aromatic nitrogens is 2. The Morgan fingerprint density at radius 2 is 1.96 bits per heavy atom. The molecule has 23 heavy (non-hydrogen) atoms. The van der Waals surface area contributed by atoms with Gasteiger partial charge in [0.25, 0.3) is 0 Å². The molecule has 0 unspecified atom stereocenters. The number of carbonyl (C=O) groups is 2. The lowest BCUT2D eigenvalue weighted by Gasteiger charge is -2.20. The molecule has 0 saturated carbocycles. The van der Waals surface area contributed by atoms with Crippen molar-refractivity contribution < 1.29 is 14.3 Å². The molecule has 0 aliphatic rings. The Kier molecular flexibility index (Phi) is 4.54. The van der Waals surface area contributed by atoms with Crippen molar-refractivity contribution in [3.05, 3.63) is 36.7 Å². The second kappa shape index (κ2) is 6.39. The predicted molar refractivity (Wildman–Crippen MR) is 86.8 cm³/mol. The summed E-state index contributed by atoms with van der Waals surface area (Å²) in [5.41, 5.74) is 5.64. The summed E-state index contributed by atoms with van der Waals surface area (Å²) in [6.45, 7) is 5.36. The van der Waals surface area contributed by atoms with Gasteiger partial charge >= 0.3 is 12.1 Å². The zero-order chi connectivity index (χ0) is 17.0. The van der Waals surface area contributed by atoms with E-state index in [1.54, 1.807) is 45.0 Å². The summed E-state index contributed by atoms with van der Waals surface area (Å²) in [6, 6.07) is 6.20. The quantitative estimate of drug-likeness (QED) is 0.806. The van der Waals surface area contributed by atoms with Crippen LogP contribution in [0.25, 0.3) is 0 Å². The Morgan fingerprint density at radius 3 is 2.61 bits per heavy atom. The van der Waals surface area contributed by atoms with E-state index in [4.69, 9.17) is 10.5 Å². The fraction of sp³-hybridized carbons (Fsp3) is 0.267. The molecule has 0 radical (unpaired) electrons. The lowest BCUT2D eigenvalue weighted by Crippen LogP contribution is -2.27. The van der Waals surface area contributed by atoms with Gasteiger partial charge in [0.1, 0.15) is 5.60 Å². The van der Waals surface area contributed by atoms with Gasteiger partial charge in [-0.25, -0.2) is 19.1 Å². The standard InChI is InChI=1S/C15H19N5O3/c1-15(2,3)23-14(22)20-8-7-17-13(20)19-11-6-4-5-10(9-11)18-12(16)21/h4-9H,1-3H3,(H,17,19)(H3,16,18,21). The number of anilines is 3. The number of benzene rings is 1. The van der Waals surface area contributed by atoms with Gasteiger partial charge in [0.05, 0.1) is 0 Å². The molecule has 2 rings (SSSR count). The Bertz CT molecular complexity index is 718. The van der Waals surface area contributed by atoms with Gasteiger partial charge < -0.3 is 21.1 Å². The van der Waals surface area contributed by atoms with Gasteiger partial charge in [0.2, 0.25) is 5.95 Å². The maximum Gasteiger partial charge on any atom is 0.421 e. The van der Waals surface area contributed by atoms with E-state index >= 15 is 0 Å². The molecule has 0 aliphatic heterocycles. The Balaban J connectivity index is 2.17. The fourth-order valence-corrected chi connectivity index (χ4v) is 1.80. The van der Waals surface area contributed by atoms with Crippen molar-refractivity contribution in [1.82, 2.24) is 9.55 Å². The van der Waals surface area contributed by atoms with Crippen molar-refractivity contribution in [2.75, 3.05) is 10.6 Å². The summed E-state index contributed by atoms with van der Waals surface area (Å²) in [5, 5.41) is 5.46. The zero-order valence-electron chi connectivity index (χ0n) is 13.2. The molecule has 0 spiro atoms. The average Bonchev–Trinajstić information content (AvgIpc) is 2.84. The molecule has 1 aromatic carbocycles. The number of amides is 2. The highest BCUT2D eigenvalue weighted by molar-refractivity contribution is 5.88. The van der Waals surface area contributed by atoms with E-state index in [2.05, 4.69) is 15.6 Å². The monoisotopic (exact) mass is 317 g/mol. The number of imidazole rings is 1. The normalized spacial score (nSPS) is 10.9. The number of nitrogens with two attached hydrogens (primary N) is 1. The van der Waals surface area contributed by atoms with E-state index in [1.165, 1.54) is 17.0 Å². The lowest BCUT2D eigenvalue weighted by molar-refractivity contribution is 0.0540. The van der Waals surface area contributed by atoms with Gasteiger partial charge in [0.15, 0.2) is 0 Å². The first-order valence-corrected chi connectivity index (χ1v) is 6.95. The molecule has 8 nitrogen and oxygen atoms in total. The number of hydrogen-bond acceptors (Lipinski definition) is 5. The Labute approximate surface area is 133 Å². The van der Waals surface area contributed by atoms with E-state index < -0.39 is 17.7 Å². The van der Waals surface area contributed by atoms with Crippen LogP contribution in [0.3, 0.4) is 0 Å². The number of nitrogens with zero attached hydrogens (tertiary/aromatic N) is 2. The molecule has 2 amide bonds. The highest BCUT2D eigenvalue weighted by Crippen LogP contribution is 2.20. The Hall–Kier alpha value is -3.03. The number of urea groups is 1. The summed E-state index contributed by atoms with van der Waals surface area (Å²) in [6.07, 6.45) is 2.45. The first-order valence-electron chi connectivity index (χ1n) is 6.95. The van der Waals surface area contributed by atoms with Gasteiger partial charge in [-0.3, -0.25) is 0 Å². The van der Waals surface area contributed by atoms with Crippen LogP contribution in [0.5, 0.6) is 0 Å². The Morgan fingerprint density at radius 1 is 1.26 bits per heavy atom. The lowest BCUT2D eigenvalue weighted by atomic mass is 10.2. The van der Waals surface area contributed by atoms with Crippen LogP contribution in [-0.4, -0.2) is 27.3 Å². The van der Waals surface area contributed by atoms with Crippen molar-refractivity contribution >= 4 is 29.4 Å². The number of ether oxygens (including phenoxy) is 1. The minimum Gasteiger partial charge on any atom is -0.443 e. The number of hydrogen-bond donors (Lipinski definition) is 3. The van der Waals surface area contributed by atoms with Crippen molar-refractivity contribution in [2.24, 2.45) is 5.73 Å². The van der Waals surface area contributed by atoms with Gasteiger partial charge in [-0.15, -0.1) is 0 Å². The number of primary amides is 1. The third-order valence-electron chi connectivity index (χ3n) is 2.62. The smallest absolute Gasteiger partial charge is 0.421 e. The number of carbonyl (C=O) groups excluding carboxylic acids is 2. The zero-order valence-corrected chi connectivity index (χ0v) is 13.2. The molecule has 1 heterocycles. The van der Waals surface area contributed by atoms with Crippen molar-refractivity contribution in [3.8, 4) is 0 Å². The molecular weight excluding hydrogens is 298 g/mol. The van der Waals surface area contributed by atoms with Gasteiger partial charge in [-0.05, 0) is 39.0 Å². The van der Waals surface area contributed by atoms with Crippen LogP contribution in [0.2, 0.25) is 0 Å². The molecule has 0 fully saturated rings. The van der Waals surface area contributed by atoms with Gasteiger partial charge in [0, 0.05) is 23.8 Å². The van der Waals surface area contributed by atoms with Crippen LogP contribution in [-0.2, 0) is 4.74 Å². The molecule has 0 bridgehead atoms. The second-order valence-corrected chi connectivity index (χ2v) is 5.80. The molecule has 4 N–H and O–H groups in total. The maximum atomic E-state index is 12.1. The molecule has 0 saturated heterocycles. The summed E-state index contributed by atoms with van der Waals surface area (Å²) < 4.78 is 6.57. The summed E-state index contributed by atoms with van der Waals surface area (Å²) in [5.74, 6) is 0.301. The van der Waals surface area contributed by atoms with Crippen LogP contribution in [0.4, 0.5) is 26.9 Å². The van der Waals surface area contributed by atoms with E-state index in [-0.39, 0.29) is 0 Å². The summed E-state index contributed by atoms with van der Waals surface area (Å²) in [7, 11) is 0. The second-order valence-electron chi connectivity index (χ2n) is 5.80. The highest BCUT2D eigenvalue weighted by Gasteiger charge is 2.20. The van der Waals surface area contributed by atoms with Gasteiger partial charge in [-0.1, -0.05) is 6.07 Å². The number of nitrogens with one attached hydrogen (secondary N) is 2. The minimum absolute atomic E-state index is 0.301.